The minimum absolute atomic E-state index is 0.381. The number of hydrogen-bond acceptors (Lipinski definition) is 5. The summed E-state index contributed by atoms with van der Waals surface area (Å²) in [6.45, 7) is 0.860. The van der Waals surface area contributed by atoms with Crippen LogP contribution in [0.25, 0.3) is 0 Å². The van der Waals surface area contributed by atoms with E-state index in [1.165, 1.54) is 6.92 Å². The Balaban J connectivity index is 2.75. The SMILES string of the molecule is CC(=O)N[C@H]1[C@H](O)[C@@H](O)[C@H](O)[C@@H]1CO. The van der Waals surface area contributed by atoms with Gasteiger partial charge in [-0.25, -0.2) is 0 Å². The first-order valence-corrected chi connectivity index (χ1v) is 4.41. The fraction of sp³-hybridized carbons (Fsp3) is 0.875. The number of rotatable bonds is 2. The second-order valence-corrected chi connectivity index (χ2v) is 3.54. The monoisotopic (exact) mass is 205 g/mol. The number of aliphatic hydroxyl groups excluding tert-OH is 4. The van der Waals surface area contributed by atoms with E-state index in [-0.39, 0.29) is 5.91 Å². The van der Waals surface area contributed by atoms with Crippen molar-refractivity contribution in [2.24, 2.45) is 5.92 Å². The summed E-state index contributed by atoms with van der Waals surface area (Å²) in [5.74, 6) is -1.11. The molecule has 0 aliphatic heterocycles. The molecule has 1 aliphatic carbocycles. The maximum absolute atomic E-state index is 10.8. The highest BCUT2D eigenvalue weighted by Gasteiger charge is 2.48. The molecule has 0 unspecified atom stereocenters. The van der Waals surface area contributed by atoms with E-state index in [0.29, 0.717) is 0 Å². The van der Waals surface area contributed by atoms with Crippen molar-refractivity contribution < 1.29 is 25.2 Å². The summed E-state index contributed by atoms with van der Waals surface area (Å²) in [5.41, 5.74) is 0. The van der Waals surface area contributed by atoms with E-state index in [4.69, 9.17) is 5.11 Å². The van der Waals surface area contributed by atoms with Gasteiger partial charge in [-0.15, -0.1) is 0 Å². The first-order valence-electron chi connectivity index (χ1n) is 4.41. The van der Waals surface area contributed by atoms with Gasteiger partial charge < -0.3 is 25.7 Å². The van der Waals surface area contributed by atoms with Crippen LogP contribution < -0.4 is 5.32 Å². The molecule has 1 fully saturated rings. The lowest BCUT2D eigenvalue weighted by atomic mass is 10.0. The molecular weight excluding hydrogens is 190 g/mol. The van der Waals surface area contributed by atoms with E-state index in [9.17, 15) is 20.1 Å². The van der Waals surface area contributed by atoms with Gasteiger partial charge in [-0.1, -0.05) is 0 Å². The molecule has 1 rings (SSSR count). The summed E-state index contributed by atoms with van der Waals surface area (Å²) in [7, 11) is 0. The molecule has 14 heavy (non-hydrogen) atoms. The molecule has 6 nitrogen and oxygen atoms in total. The summed E-state index contributed by atoms with van der Waals surface area (Å²) in [6, 6.07) is -0.803. The predicted molar refractivity (Wildman–Crippen MR) is 46.2 cm³/mol. The normalized spacial score (nSPS) is 42.5. The zero-order chi connectivity index (χ0) is 10.9. The largest absolute Gasteiger partial charge is 0.396 e. The molecule has 0 aromatic rings. The van der Waals surface area contributed by atoms with Crippen molar-refractivity contribution in [1.29, 1.82) is 0 Å². The van der Waals surface area contributed by atoms with Gasteiger partial charge in [0.05, 0.1) is 18.8 Å². The highest BCUT2D eigenvalue weighted by atomic mass is 16.4. The van der Waals surface area contributed by atoms with Gasteiger partial charge in [-0.05, 0) is 0 Å². The van der Waals surface area contributed by atoms with Crippen LogP contribution in [0, 0.1) is 5.92 Å². The minimum atomic E-state index is -1.33. The lowest BCUT2D eigenvalue weighted by molar-refractivity contribution is -0.121. The molecule has 0 heterocycles. The van der Waals surface area contributed by atoms with Crippen molar-refractivity contribution in [1.82, 2.24) is 5.32 Å². The fourth-order valence-corrected chi connectivity index (χ4v) is 1.78. The van der Waals surface area contributed by atoms with Crippen molar-refractivity contribution in [2.75, 3.05) is 6.61 Å². The number of carbonyl (C=O) groups excluding carboxylic acids is 1. The van der Waals surface area contributed by atoms with Crippen LogP contribution in [-0.4, -0.2) is 57.3 Å². The molecule has 0 bridgehead atoms. The summed E-state index contributed by atoms with van der Waals surface area (Å²) in [6.07, 6.45) is -3.79. The fourth-order valence-electron chi connectivity index (χ4n) is 1.78. The molecule has 1 saturated carbocycles. The summed E-state index contributed by atoms with van der Waals surface area (Å²) in [4.78, 5) is 10.8. The van der Waals surface area contributed by atoms with Crippen molar-refractivity contribution in [3.8, 4) is 0 Å². The molecule has 1 amide bonds. The summed E-state index contributed by atoms with van der Waals surface area (Å²) >= 11 is 0. The Morgan fingerprint density at radius 1 is 1.21 bits per heavy atom. The lowest BCUT2D eigenvalue weighted by Gasteiger charge is -2.21. The van der Waals surface area contributed by atoms with Crippen LogP contribution in [0.5, 0.6) is 0 Å². The third-order valence-corrected chi connectivity index (χ3v) is 2.55. The van der Waals surface area contributed by atoms with Gasteiger partial charge in [-0.2, -0.15) is 0 Å². The topological polar surface area (TPSA) is 110 Å². The molecular formula is C8H15NO5. The predicted octanol–water partition coefficient (Wildman–Crippen LogP) is -2.80. The molecule has 0 saturated heterocycles. The van der Waals surface area contributed by atoms with Crippen molar-refractivity contribution in [3.63, 3.8) is 0 Å². The van der Waals surface area contributed by atoms with Crippen LogP contribution in [0.2, 0.25) is 0 Å². The van der Waals surface area contributed by atoms with Gasteiger partial charge in [0.25, 0.3) is 0 Å². The number of nitrogens with one attached hydrogen (secondary N) is 1. The van der Waals surface area contributed by atoms with E-state index in [0.717, 1.165) is 0 Å². The van der Waals surface area contributed by atoms with Gasteiger partial charge in [0, 0.05) is 12.8 Å². The first-order chi connectivity index (χ1) is 6.49. The summed E-state index contributed by atoms with van der Waals surface area (Å²) in [5, 5.41) is 39.4. The number of carbonyl (C=O) groups is 1. The zero-order valence-electron chi connectivity index (χ0n) is 7.79. The van der Waals surface area contributed by atoms with Crippen LogP contribution in [0.15, 0.2) is 0 Å². The molecule has 0 radical (unpaired) electrons. The van der Waals surface area contributed by atoms with E-state index in [2.05, 4.69) is 5.32 Å². The second-order valence-electron chi connectivity index (χ2n) is 3.54. The summed E-state index contributed by atoms with van der Waals surface area (Å²) < 4.78 is 0. The highest BCUT2D eigenvalue weighted by Crippen LogP contribution is 2.26. The molecule has 5 atom stereocenters. The van der Waals surface area contributed by atoms with Crippen molar-refractivity contribution >= 4 is 5.91 Å². The third-order valence-electron chi connectivity index (χ3n) is 2.55. The Labute approximate surface area is 81.2 Å². The van der Waals surface area contributed by atoms with E-state index < -0.39 is 36.9 Å². The Hall–Kier alpha value is -0.690. The molecule has 0 aromatic heterocycles. The maximum Gasteiger partial charge on any atom is 0.217 e. The minimum Gasteiger partial charge on any atom is -0.396 e. The molecule has 82 valence electrons. The molecule has 6 heteroatoms. The number of aliphatic hydroxyl groups is 4. The third kappa shape index (κ3) is 1.88. The van der Waals surface area contributed by atoms with Crippen molar-refractivity contribution in [2.45, 2.75) is 31.3 Å². The zero-order valence-corrected chi connectivity index (χ0v) is 7.79. The van der Waals surface area contributed by atoms with E-state index >= 15 is 0 Å². The highest BCUT2D eigenvalue weighted by molar-refractivity contribution is 5.73. The van der Waals surface area contributed by atoms with Crippen LogP contribution in [0.1, 0.15) is 6.92 Å². The van der Waals surface area contributed by atoms with Gasteiger partial charge in [-0.3, -0.25) is 4.79 Å². The lowest BCUT2D eigenvalue weighted by Crippen LogP contribution is -2.45. The quantitative estimate of drug-likeness (QED) is 0.334. The second kappa shape index (κ2) is 4.22. The number of amides is 1. The Morgan fingerprint density at radius 3 is 2.21 bits per heavy atom. The average molecular weight is 205 g/mol. The average Bonchev–Trinajstić information content (AvgIpc) is 2.31. The van der Waals surface area contributed by atoms with Crippen LogP contribution in [0.4, 0.5) is 0 Å². The van der Waals surface area contributed by atoms with Crippen LogP contribution in [0.3, 0.4) is 0 Å². The van der Waals surface area contributed by atoms with Crippen LogP contribution >= 0.6 is 0 Å². The first kappa shape index (κ1) is 11.4. The van der Waals surface area contributed by atoms with Crippen molar-refractivity contribution in [3.05, 3.63) is 0 Å². The van der Waals surface area contributed by atoms with Gasteiger partial charge in [0.1, 0.15) is 12.2 Å². The number of hydrogen-bond donors (Lipinski definition) is 5. The Morgan fingerprint density at radius 2 is 1.79 bits per heavy atom. The molecule has 0 spiro atoms. The molecule has 1 aliphatic rings. The maximum atomic E-state index is 10.8. The van der Waals surface area contributed by atoms with E-state index in [1.54, 1.807) is 0 Å². The van der Waals surface area contributed by atoms with Gasteiger partial charge in [0.15, 0.2) is 0 Å². The standard InChI is InChI=1S/C8H15NO5/c1-3(11)9-5-4(2-10)6(12)8(14)7(5)13/h4-8,10,12-14H,2H2,1H3,(H,9,11)/t4-,5-,6-,7+,8+/m1/s1. The van der Waals surface area contributed by atoms with Gasteiger partial charge in [0.2, 0.25) is 5.91 Å². The van der Waals surface area contributed by atoms with Gasteiger partial charge >= 0.3 is 0 Å². The molecule has 0 aromatic carbocycles. The van der Waals surface area contributed by atoms with Crippen LogP contribution in [-0.2, 0) is 4.79 Å². The Kier molecular flexibility index (Phi) is 3.43. The van der Waals surface area contributed by atoms with E-state index in [1.807, 2.05) is 0 Å². The smallest absolute Gasteiger partial charge is 0.217 e. The Bertz CT molecular complexity index is 222. The molecule has 5 N–H and O–H groups in total.